The summed E-state index contributed by atoms with van der Waals surface area (Å²) in [4.78, 5) is 32.6. The maximum atomic E-state index is 12.9. The minimum Gasteiger partial charge on any atom is -0.337 e. The van der Waals surface area contributed by atoms with Crippen molar-refractivity contribution in [3.63, 3.8) is 0 Å². The molecule has 1 aliphatic carbocycles. The molecule has 1 saturated carbocycles. The fourth-order valence-corrected chi connectivity index (χ4v) is 3.62. The number of hydrogen-bond acceptors (Lipinski definition) is 6. The van der Waals surface area contributed by atoms with Crippen molar-refractivity contribution in [1.29, 1.82) is 0 Å². The van der Waals surface area contributed by atoms with Crippen molar-refractivity contribution in [2.75, 3.05) is 14.1 Å². The second-order valence-corrected chi connectivity index (χ2v) is 6.82. The number of amides is 3. The Bertz CT molecular complexity index is 629. The zero-order valence-corrected chi connectivity index (χ0v) is 15.8. The highest BCUT2D eigenvalue weighted by molar-refractivity contribution is 6.06. The van der Waals surface area contributed by atoms with Crippen molar-refractivity contribution in [2.24, 2.45) is 0 Å². The fourth-order valence-electron chi connectivity index (χ4n) is 3.62. The summed E-state index contributed by atoms with van der Waals surface area (Å²) < 4.78 is 5.23. The first-order chi connectivity index (χ1) is 11.5. The Morgan fingerprint density at radius 1 is 1.28 bits per heavy atom. The SMILES string of the molecule is CNC(C)Cc1noc(CN2C(=O)N(C)C3(CCCCC3)C2=O)n1.Cl. The summed E-state index contributed by atoms with van der Waals surface area (Å²) in [6.07, 6.45) is 5.17. The molecule has 1 spiro atoms. The van der Waals surface area contributed by atoms with Gasteiger partial charge in [0.15, 0.2) is 5.82 Å². The first-order valence-electron chi connectivity index (χ1n) is 8.56. The minimum atomic E-state index is -0.668. The Balaban J connectivity index is 0.00000225. The molecule has 2 fully saturated rings. The van der Waals surface area contributed by atoms with Crippen LogP contribution in [0.3, 0.4) is 0 Å². The predicted molar refractivity (Wildman–Crippen MR) is 93.3 cm³/mol. The number of aromatic nitrogens is 2. The van der Waals surface area contributed by atoms with Crippen LogP contribution in [0.4, 0.5) is 4.79 Å². The summed E-state index contributed by atoms with van der Waals surface area (Å²) in [5.41, 5.74) is -0.668. The molecule has 25 heavy (non-hydrogen) atoms. The number of nitrogens with zero attached hydrogens (tertiary/aromatic N) is 4. The van der Waals surface area contributed by atoms with Gasteiger partial charge in [0, 0.05) is 19.5 Å². The summed E-state index contributed by atoms with van der Waals surface area (Å²) in [5.74, 6) is 0.751. The number of halogens is 1. The molecule has 3 amide bonds. The summed E-state index contributed by atoms with van der Waals surface area (Å²) in [5, 5.41) is 7.04. The van der Waals surface area contributed by atoms with Crippen LogP contribution in [0, 0.1) is 0 Å². The molecular formula is C16H26ClN5O3. The number of likely N-dealkylation sites (N-methyl/N-ethyl adjacent to an activating group) is 2. The van der Waals surface area contributed by atoms with E-state index in [-0.39, 0.29) is 36.9 Å². The lowest BCUT2D eigenvalue weighted by Gasteiger charge is -2.35. The zero-order chi connectivity index (χ0) is 17.3. The van der Waals surface area contributed by atoms with Crippen LogP contribution in [0.2, 0.25) is 0 Å². The van der Waals surface area contributed by atoms with Gasteiger partial charge in [-0.15, -0.1) is 12.4 Å². The Morgan fingerprint density at radius 2 is 1.96 bits per heavy atom. The van der Waals surface area contributed by atoms with Crippen molar-refractivity contribution in [1.82, 2.24) is 25.3 Å². The molecule has 1 unspecified atom stereocenters. The Kier molecular flexibility index (Phi) is 6.05. The normalized spacial score (nSPS) is 20.9. The average molecular weight is 372 g/mol. The number of carbonyl (C=O) groups is 2. The van der Waals surface area contributed by atoms with Gasteiger partial charge in [-0.05, 0) is 26.8 Å². The van der Waals surface area contributed by atoms with Crippen molar-refractivity contribution in [2.45, 2.75) is 63.6 Å². The van der Waals surface area contributed by atoms with Gasteiger partial charge >= 0.3 is 6.03 Å². The van der Waals surface area contributed by atoms with E-state index in [2.05, 4.69) is 15.5 Å². The molecule has 1 aromatic heterocycles. The van der Waals surface area contributed by atoms with Crippen LogP contribution in [0.15, 0.2) is 4.52 Å². The molecule has 9 heteroatoms. The lowest BCUT2D eigenvalue weighted by molar-refractivity contribution is -0.135. The average Bonchev–Trinajstić information content (AvgIpc) is 3.10. The van der Waals surface area contributed by atoms with Crippen LogP contribution in [-0.2, 0) is 17.8 Å². The van der Waals surface area contributed by atoms with Gasteiger partial charge in [0.1, 0.15) is 12.1 Å². The van der Waals surface area contributed by atoms with E-state index in [1.165, 1.54) is 4.90 Å². The van der Waals surface area contributed by atoms with Crippen LogP contribution >= 0.6 is 12.4 Å². The molecular weight excluding hydrogens is 346 g/mol. The van der Waals surface area contributed by atoms with E-state index in [0.29, 0.717) is 18.1 Å². The van der Waals surface area contributed by atoms with Crippen molar-refractivity contribution >= 4 is 24.3 Å². The number of urea groups is 1. The maximum absolute atomic E-state index is 12.9. The molecule has 2 aliphatic rings. The summed E-state index contributed by atoms with van der Waals surface area (Å²) in [6, 6.07) is -0.0487. The largest absolute Gasteiger partial charge is 0.337 e. The van der Waals surface area contributed by atoms with E-state index in [9.17, 15) is 9.59 Å². The standard InChI is InChI=1S/C16H25N5O3.ClH/c1-11(17-2)9-12-18-13(24-19-12)10-21-14(22)16(20(3)15(21)23)7-5-4-6-8-16;/h11,17H,4-10H2,1-3H3;1H. The van der Waals surface area contributed by atoms with E-state index in [0.717, 1.165) is 32.1 Å². The van der Waals surface area contributed by atoms with Gasteiger partial charge < -0.3 is 14.7 Å². The van der Waals surface area contributed by atoms with Crippen LogP contribution in [0.25, 0.3) is 0 Å². The van der Waals surface area contributed by atoms with Crippen molar-refractivity contribution in [3.05, 3.63) is 11.7 Å². The molecule has 8 nitrogen and oxygen atoms in total. The third-order valence-corrected chi connectivity index (χ3v) is 5.27. The number of nitrogens with one attached hydrogen (secondary N) is 1. The highest BCUT2D eigenvalue weighted by atomic mass is 35.5. The molecule has 1 aliphatic heterocycles. The Labute approximate surface area is 153 Å². The number of imide groups is 1. The quantitative estimate of drug-likeness (QED) is 0.792. The fraction of sp³-hybridized carbons (Fsp3) is 0.750. The molecule has 0 bridgehead atoms. The predicted octanol–water partition coefficient (Wildman–Crippen LogP) is 1.74. The van der Waals surface area contributed by atoms with Gasteiger partial charge in [0.05, 0.1) is 0 Å². The second kappa shape index (κ2) is 7.70. The van der Waals surface area contributed by atoms with E-state index >= 15 is 0 Å². The van der Waals surface area contributed by atoms with Gasteiger partial charge in [-0.25, -0.2) is 4.79 Å². The summed E-state index contributed by atoms with van der Waals surface area (Å²) >= 11 is 0. The van der Waals surface area contributed by atoms with Crippen molar-refractivity contribution < 1.29 is 14.1 Å². The molecule has 0 radical (unpaired) electrons. The Morgan fingerprint density at radius 3 is 2.60 bits per heavy atom. The van der Waals surface area contributed by atoms with Gasteiger partial charge in [-0.2, -0.15) is 4.98 Å². The van der Waals surface area contributed by atoms with E-state index in [1.54, 1.807) is 11.9 Å². The third-order valence-electron chi connectivity index (χ3n) is 5.27. The molecule has 3 rings (SSSR count). The number of hydrogen-bond donors (Lipinski definition) is 1. The first kappa shape index (κ1) is 19.7. The van der Waals surface area contributed by atoms with E-state index < -0.39 is 5.54 Å². The molecule has 2 heterocycles. The van der Waals surface area contributed by atoms with Crippen LogP contribution in [-0.4, -0.2) is 57.6 Å². The lowest BCUT2D eigenvalue weighted by Crippen LogP contribution is -2.49. The first-order valence-corrected chi connectivity index (χ1v) is 8.56. The minimum absolute atomic E-state index is 0. The molecule has 140 valence electrons. The van der Waals surface area contributed by atoms with Crippen LogP contribution < -0.4 is 5.32 Å². The Hall–Kier alpha value is -1.67. The zero-order valence-electron chi connectivity index (χ0n) is 14.9. The number of rotatable bonds is 5. The van der Waals surface area contributed by atoms with Crippen molar-refractivity contribution in [3.8, 4) is 0 Å². The van der Waals surface area contributed by atoms with Crippen LogP contribution in [0.5, 0.6) is 0 Å². The third kappa shape index (κ3) is 3.50. The molecule has 1 atom stereocenters. The highest BCUT2D eigenvalue weighted by Crippen LogP contribution is 2.39. The second-order valence-electron chi connectivity index (χ2n) is 6.82. The topological polar surface area (TPSA) is 91.6 Å². The summed E-state index contributed by atoms with van der Waals surface area (Å²) in [7, 11) is 3.59. The summed E-state index contributed by atoms with van der Waals surface area (Å²) in [6.45, 7) is 2.07. The highest BCUT2D eigenvalue weighted by Gasteiger charge is 2.55. The molecule has 0 aromatic carbocycles. The smallest absolute Gasteiger partial charge is 0.327 e. The van der Waals surface area contributed by atoms with Gasteiger partial charge in [0.2, 0.25) is 5.89 Å². The molecule has 1 N–H and O–H groups in total. The number of carbonyl (C=O) groups excluding carboxylic acids is 2. The monoisotopic (exact) mass is 371 g/mol. The molecule has 1 saturated heterocycles. The van der Waals surface area contributed by atoms with Gasteiger partial charge in [-0.1, -0.05) is 24.4 Å². The van der Waals surface area contributed by atoms with E-state index in [1.807, 2.05) is 14.0 Å². The van der Waals surface area contributed by atoms with Crippen LogP contribution in [0.1, 0.15) is 50.7 Å². The van der Waals surface area contributed by atoms with E-state index in [4.69, 9.17) is 4.52 Å². The van der Waals surface area contributed by atoms with Gasteiger partial charge in [0.25, 0.3) is 5.91 Å². The lowest BCUT2D eigenvalue weighted by atomic mass is 9.81. The van der Waals surface area contributed by atoms with Gasteiger partial charge in [-0.3, -0.25) is 9.69 Å². The molecule has 1 aromatic rings. The maximum Gasteiger partial charge on any atom is 0.327 e.